The summed E-state index contributed by atoms with van der Waals surface area (Å²) in [4.78, 5) is 32.3. The van der Waals surface area contributed by atoms with E-state index in [0.717, 1.165) is 11.1 Å². The molecule has 8 heteroatoms. The van der Waals surface area contributed by atoms with E-state index in [0.29, 0.717) is 31.6 Å². The predicted molar refractivity (Wildman–Crippen MR) is 136 cm³/mol. The zero-order chi connectivity index (χ0) is 24.5. The number of hydrogen-bond acceptors (Lipinski definition) is 6. The van der Waals surface area contributed by atoms with E-state index in [1.807, 2.05) is 55.5 Å². The third-order valence-corrected chi connectivity index (χ3v) is 6.81. The van der Waals surface area contributed by atoms with Gasteiger partial charge in [-0.05, 0) is 49.8 Å². The number of aryl methyl sites for hydroxylation is 1. The zero-order valence-corrected chi connectivity index (χ0v) is 20.6. The maximum absolute atomic E-state index is 13.7. The molecule has 2 aromatic carbocycles. The summed E-state index contributed by atoms with van der Waals surface area (Å²) in [5, 5.41) is 0.614. The first-order chi connectivity index (χ1) is 17.0. The first-order valence-corrected chi connectivity index (χ1v) is 12.3. The number of halogens is 1. The van der Waals surface area contributed by atoms with Gasteiger partial charge in [-0.25, -0.2) is 9.79 Å². The molecule has 4 aromatic rings. The second-order valence-electron chi connectivity index (χ2n) is 7.93. The molecule has 0 amide bonds. The molecule has 0 N–H and O–H groups in total. The van der Waals surface area contributed by atoms with Crippen molar-refractivity contribution in [3.05, 3.63) is 120 Å². The Kier molecular flexibility index (Phi) is 6.28. The van der Waals surface area contributed by atoms with E-state index in [1.165, 1.54) is 15.9 Å². The summed E-state index contributed by atoms with van der Waals surface area (Å²) in [6.07, 6.45) is 1.79. The van der Waals surface area contributed by atoms with Crippen LogP contribution in [0.5, 0.6) is 0 Å². The molecular formula is C27H21ClN2O4S. The smallest absolute Gasteiger partial charge is 0.338 e. The van der Waals surface area contributed by atoms with Gasteiger partial charge in [-0.3, -0.25) is 9.36 Å². The van der Waals surface area contributed by atoms with Gasteiger partial charge in [0.2, 0.25) is 0 Å². The molecule has 6 nitrogen and oxygen atoms in total. The summed E-state index contributed by atoms with van der Waals surface area (Å²) in [6.45, 7) is 3.75. The maximum atomic E-state index is 13.7. The Hall–Kier alpha value is -3.68. The summed E-state index contributed by atoms with van der Waals surface area (Å²) >= 11 is 7.27. The molecule has 0 saturated heterocycles. The van der Waals surface area contributed by atoms with E-state index in [9.17, 15) is 9.59 Å². The number of furan rings is 1. The van der Waals surface area contributed by atoms with Crippen LogP contribution in [0.1, 0.15) is 35.6 Å². The van der Waals surface area contributed by atoms with Crippen molar-refractivity contribution in [3.63, 3.8) is 0 Å². The molecule has 176 valence electrons. The fourth-order valence-electron chi connectivity index (χ4n) is 4.02. The second kappa shape index (κ2) is 9.52. The minimum atomic E-state index is -0.818. The normalized spacial score (nSPS) is 15.6. The summed E-state index contributed by atoms with van der Waals surface area (Å²) < 4.78 is 13.4. The van der Waals surface area contributed by atoms with Gasteiger partial charge in [-0.2, -0.15) is 0 Å². The lowest BCUT2D eigenvalue weighted by atomic mass is 9.97. The van der Waals surface area contributed by atoms with Gasteiger partial charge in [0.1, 0.15) is 17.6 Å². The lowest BCUT2D eigenvalue weighted by Crippen LogP contribution is -2.39. The molecule has 3 heterocycles. The van der Waals surface area contributed by atoms with Crippen LogP contribution >= 0.6 is 22.9 Å². The summed E-state index contributed by atoms with van der Waals surface area (Å²) in [7, 11) is 0. The zero-order valence-electron chi connectivity index (χ0n) is 19.0. The lowest BCUT2D eigenvalue weighted by Gasteiger charge is -2.24. The molecule has 1 atom stereocenters. The van der Waals surface area contributed by atoms with E-state index in [2.05, 4.69) is 0 Å². The monoisotopic (exact) mass is 504 g/mol. The summed E-state index contributed by atoms with van der Waals surface area (Å²) in [5.74, 6) is 0.596. The van der Waals surface area contributed by atoms with Crippen LogP contribution in [0.25, 0.3) is 11.8 Å². The average Bonchev–Trinajstić information content (AvgIpc) is 3.43. The van der Waals surface area contributed by atoms with Crippen molar-refractivity contribution in [2.45, 2.75) is 19.9 Å². The molecule has 1 unspecified atom stereocenters. The predicted octanol–water partition coefficient (Wildman–Crippen LogP) is 4.49. The Morgan fingerprint density at radius 2 is 1.89 bits per heavy atom. The molecule has 0 spiro atoms. The molecule has 0 saturated carbocycles. The number of carbonyl (C=O) groups excluding carboxylic acids is 1. The average molecular weight is 505 g/mol. The number of hydrogen-bond donors (Lipinski definition) is 0. The van der Waals surface area contributed by atoms with E-state index in [1.54, 1.807) is 31.2 Å². The number of esters is 1. The van der Waals surface area contributed by atoms with Gasteiger partial charge >= 0.3 is 5.97 Å². The Balaban J connectivity index is 1.82. The van der Waals surface area contributed by atoms with Crippen molar-refractivity contribution in [2.75, 3.05) is 6.61 Å². The largest absolute Gasteiger partial charge is 0.464 e. The van der Waals surface area contributed by atoms with Gasteiger partial charge in [0.25, 0.3) is 5.56 Å². The molecule has 0 radical (unpaired) electrons. The second-order valence-corrected chi connectivity index (χ2v) is 9.38. The van der Waals surface area contributed by atoms with Crippen molar-refractivity contribution >= 4 is 40.7 Å². The van der Waals surface area contributed by atoms with Crippen molar-refractivity contribution in [2.24, 2.45) is 4.99 Å². The molecule has 0 fully saturated rings. The van der Waals surface area contributed by atoms with Crippen molar-refractivity contribution in [3.8, 4) is 0 Å². The quantitative estimate of drug-likeness (QED) is 0.375. The highest BCUT2D eigenvalue weighted by Gasteiger charge is 2.36. The number of aromatic nitrogens is 1. The van der Waals surface area contributed by atoms with Gasteiger partial charge in [-0.15, -0.1) is 0 Å². The highest BCUT2D eigenvalue weighted by molar-refractivity contribution is 7.07. The highest BCUT2D eigenvalue weighted by atomic mass is 35.5. The van der Waals surface area contributed by atoms with Crippen LogP contribution in [0, 0.1) is 6.92 Å². The fourth-order valence-corrected chi connectivity index (χ4v) is 5.15. The molecule has 35 heavy (non-hydrogen) atoms. The van der Waals surface area contributed by atoms with Gasteiger partial charge in [0.15, 0.2) is 4.80 Å². The summed E-state index contributed by atoms with van der Waals surface area (Å²) in [6, 6.07) is 19.4. The number of nitrogens with zero attached hydrogens (tertiary/aromatic N) is 2. The van der Waals surface area contributed by atoms with E-state index < -0.39 is 12.0 Å². The number of thiazole rings is 1. The van der Waals surface area contributed by atoms with Crippen LogP contribution in [-0.4, -0.2) is 17.1 Å². The minimum Gasteiger partial charge on any atom is -0.464 e. The Morgan fingerprint density at radius 1 is 1.14 bits per heavy atom. The summed E-state index contributed by atoms with van der Waals surface area (Å²) in [5.41, 5.74) is 2.04. The SMILES string of the molecule is CCOC(=O)C1=C(c2ccccc2)N=c2sc(=Cc3ccc(Cl)cc3)c(=O)n2C1c1ccc(C)o1. The number of rotatable bonds is 5. The van der Waals surface area contributed by atoms with Crippen LogP contribution in [-0.2, 0) is 9.53 Å². The molecular weight excluding hydrogens is 484 g/mol. The molecule has 1 aliphatic heterocycles. The topological polar surface area (TPSA) is 73.8 Å². The van der Waals surface area contributed by atoms with Crippen molar-refractivity contribution in [1.29, 1.82) is 0 Å². The van der Waals surface area contributed by atoms with Crippen LogP contribution in [0.3, 0.4) is 0 Å². The molecule has 2 aromatic heterocycles. The Labute approximate surface area is 210 Å². The van der Waals surface area contributed by atoms with E-state index in [4.69, 9.17) is 25.7 Å². The minimum absolute atomic E-state index is 0.190. The molecule has 0 aliphatic carbocycles. The van der Waals surface area contributed by atoms with Crippen LogP contribution < -0.4 is 14.9 Å². The van der Waals surface area contributed by atoms with Gasteiger partial charge in [-0.1, -0.05) is 65.4 Å². The van der Waals surface area contributed by atoms with E-state index >= 15 is 0 Å². The Morgan fingerprint density at radius 3 is 2.54 bits per heavy atom. The third-order valence-electron chi connectivity index (χ3n) is 5.57. The van der Waals surface area contributed by atoms with Crippen LogP contribution in [0.4, 0.5) is 0 Å². The first-order valence-electron chi connectivity index (χ1n) is 11.1. The van der Waals surface area contributed by atoms with Gasteiger partial charge in [0.05, 0.1) is 22.4 Å². The van der Waals surface area contributed by atoms with Crippen LogP contribution in [0.15, 0.2) is 86.5 Å². The van der Waals surface area contributed by atoms with Gasteiger partial charge < -0.3 is 9.15 Å². The van der Waals surface area contributed by atoms with Crippen molar-refractivity contribution in [1.82, 2.24) is 4.57 Å². The molecule has 1 aliphatic rings. The molecule has 5 rings (SSSR count). The lowest BCUT2D eigenvalue weighted by molar-refractivity contribution is -0.139. The van der Waals surface area contributed by atoms with Crippen molar-refractivity contribution < 1.29 is 13.9 Å². The number of benzene rings is 2. The first kappa shape index (κ1) is 23.1. The third kappa shape index (κ3) is 4.40. The fraction of sp³-hybridized carbons (Fsp3) is 0.148. The van der Waals surface area contributed by atoms with Crippen LogP contribution in [0.2, 0.25) is 5.02 Å². The van der Waals surface area contributed by atoms with Gasteiger partial charge in [0, 0.05) is 10.6 Å². The molecule has 0 bridgehead atoms. The van der Waals surface area contributed by atoms with E-state index in [-0.39, 0.29) is 17.7 Å². The maximum Gasteiger partial charge on any atom is 0.338 e. The number of fused-ring (bicyclic) bond motifs is 1. The highest BCUT2D eigenvalue weighted by Crippen LogP contribution is 2.35. The Bertz CT molecular complexity index is 1610. The number of ether oxygens (including phenoxy) is 1. The standard InChI is InChI=1S/C27H21ClN2O4S/c1-3-33-26(32)22-23(18-7-5-4-6-8-18)29-27-30(24(22)20-14-9-16(2)34-20)25(31)21(35-27)15-17-10-12-19(28)13-11-17/h4-15,24H,3H2,1-2H3. The number of carbonyl (C=O) groups is 1.